The number of hydrogen-bond acceptors (Lipinski definition) is 4. The average molecular weight is 333 g/mol. The van der Waals surface area contributed by atoms with Gasteiger partial charge in [-0.15, -0.1) is 11.3 Å². The Morgan fingerprint density at radius 2 is 2.22 bits per heavy atom. The highest BCUT2D eigenvalue weighted by atomic mass is 32.1. The van der Waals surface area contributed by atoms with E-state index in [-0.39, 0.29) is 30.5 Å². The van der Waals surface area contributed by atoms with Crippen molar-refractivity contribution >= 4 is 34.0 Å². The predicted octanol–water partition coefficient (Wildman–Crippen LogP) is 2.89. The Morgan fingerprint density at radius 1 is 1.43 bits per heavy atom. The molecule has 0 spiro atoms. The van der Waals surface area contributed by atoms with Crippen LogP contribution < -0.4 is 10.2 Å². The van der Waals surface area contributed by atoms with E-state index in [9.17, 15) is 14.0 Å². The number of aryl methyl sites for hydroxylation is 2. The number of nitrogens with zero attached hydrogens (tertiary/aromatic N) is 2. The monoisotopic (exact) mass is 333 g/mol. The molecule has 7 heteroatoms. The van der Waals surface area contributed by atoms with Crippen molar-refractivity contribution in [3.05, 3.63) is 40.7 Å². The van der Waals surface area contributed by atoms with E-state index in [1.54, 1.807) is 19.1 Å². The Kier molecular flexibility index (Phi) is 4.12. The molecule has 2 amide bonds. The Bertz CT molecular complexity index is 774. The van der Waals surface area contributed by atoms with Crippen molar-refractivity contribution in [2.75, 3.05) is 16.8 Å². The van der Waals surface area contributed by atoms with E-state index in [0.29, 0.717) is 5.13 Å². The molecule has 1 aliphatic heterocycles. The quantitative estimate of drug-likeness (QED) is 0.939. The highest BCUT2D eigenvalue weighted by Gasteiger charge is 2.36. The van der Waals surface area contributed by atoms with E-state index in [2.05, 4.69) is 10.3 Å². The van der Waals surface area contributed by atoms with Gasteiger partial charge in [-0.3, -0.25) is 9.59 Å². The lowest BCUT2D eigenvalue weighted by Crippen LogP contribution is -2.28. The molecular formula is C16H16FN3O2S. The first kappa shape index (κ1) is 15.6. The molecule has 23 heavy (non-hydrogen) atoms. The molecule has 0 saturated carbocycles. The summed E-state index contributed by atoms with van der Waals surface area (Å²) < 4.78 is 14.1. The van der Waals surface area contributed by atoms with Crippen molar-refractivity contribution in [3.8, 4) is 0 Å². The van der Waals surface area contributed by atoms with Gasteiger partial charge in [0.15, 0.2) is 5.13 Å². The summed E-state index contributed by atoms with van der Waals surface area (Å²) in [6.07, 6.45) is 0.0729. The number of thiazole rings is 1. The summed E-state index contributed by atoms with van der Waals surface area (Å²) >= 11 is 1.34. The first-order valence-corrected chi connectivity index (χ1v) is 8.11. The first-order chi connectivity index (χ1) is 10.9. The zero-order chi connectivity index (χ0) is 16.6. The van der Waals surface area contributed by atoms with Gasteiger partial charge in [-0.05, 0) is 31.5 Å². The smallest absolute Gasteiger partial charge is 0.231 e. The molecule has 5 nitrogen and oxygen atoms in total. The van der Waals surface area contributed by atoms with E-state index >= 15 is 0 Å². The normalized spacial score (nSPS) is 17.6. The van der Waals surface area contributed by atoms with Gasteiger partial charge in [0.25, 0.3) is 0 Å². The molecule has 2 aromatic rings. The van der Waals surface area contributed by atoms with Gasteiger partial charge in [-0.1, -0.05) is 6.07 Å². The molecule has 1 unspecified atom stereocenters. The minimum Gasteiger partial charge on any atom is -0.309 e. The standard InChI is InChI=1S/C16H16FN3O2S/c1-9-3-4-13(12(17)5-9)20-7-11(6-14(20)21)15(22)19-16-18-10(2)8-23-16/h3-5,8,11H,6-7H2,1-2H3,(H,18,19,22). The van der Waals surface area contributed by atoms with Crippen LogP contribution in [0.1, 0.15) is 17.7 Å². The van der Waals surface area contributed by atoms with E-state index in [4.69, 9.17) is 0 Å². The fourth-order valence-corrected chi connectivity index (χ4v) is 3.26. The van der Waals surface area contributed by atoms with Crippen molar-refractivity contribution in [2.45, 2.75) is 20.3 Å². The number of carbonyl (C=O) groups excluding carboxylic acids is 2. The van der Waals surface area contributed by atoms with Gasteiger partial charge < -0.3 is 10.2 Å². The zero-order valence-corrected chi connectivity index (χ0v) is 13.6. The molecule has 0 aliphatic carbocycles. The van der Waals surface area contributed by atoms with Gasteiger partial charge in [-0.2, -0.15) is 0 Å². The SMILES string of the molecule is Cc1ccc(N2CC(C(=O)Nc3nc(C)cs3)CC2=O)c(F)c1. The second-order valence-electron chi connectivity index (χ2n) is 5.64. The van der Waals surface area contributed by atoms with Crippen molar-refractivity contribution in [2.24, 2.45) is 5.92 Å². The van der Waals surface area contributed by atoms with E-state index in [0.717, 1.165) is 11.3 Å². The number of halogens is 1. The number of nitrogens with one attached hydrogen (secondary N) is 1. The Balaban J connectivity index is 1.73. The Hall–Kier alpha value is -2.28. The molecule has 1 N–H and O–H groups in total. The minimum atomic E-state index is -0.507. The van der Waals surface area contributed by atoms with Crippen LogP contribution in [0.15, 0.2) is 23.6 Å². The second kappa shape index (κ2) is 6.08. The van der Waals surface area contributed by atoms with Crippen LogP contribution in [0, 0.1) is 25.6 Å². The van der Waals surface area contributed by atoms with Crippen molar-refractivity contribution in [1.29, 1.82) is 0 Å². The minimum absolute atomic E-state index is 0.0729. The fraction of sp³-hybridized carbons (Fsp3) is 0.312. The summed E-state index contributed by atoms with van der Waals surface area (Å²) in [7, 11) is 0. The second-order valence-corrected chi connectivity index (χ2v) is 6.50. The summed E-state index contributed by atoms with van der Waals surface area (Å²) in [5.41, 5.74) is 1.84. The molecule has 1 saturated heterocycles. The maximum atomic E-state index is 14.1. The molecule has 1 aromatic carbocycles. The molecule has 0 bridgehead atoms. The average Bonchev–Trinajstić information content (AvgIpc) is 3.05. The summed E-state index contributed by atoms with van der Waals surface area (Å²) in [5, 5.41) is 5.07. The van der Waals surface area contributed by atoms with Crippen molar-refractivity contribution in [1.82, 2.24) is 4.98 Å². The summed E-state index contributed by atoms with van der Waals surface area (Å²) in [4.78, 5) is 29.9. The van der Waals surface area contributed by atoms with Crippen molar-refractivity contribution in [3.63, 3.8) is 0 Å². The third-order valence-electron chi connectivity index (χ3n) is 3.74. The highest BCUT2D eigenvalue weighted by Crippen LogP contribution is 2.29. The van der Waals surface area contributed by atoms with Gasteiger partial charge >= 0.3 is 0 Å². The number of hydrogen-bond donors (Lipinski definition) is 1. The number of carbonyl (C=O) groups is 2. The predicted molar refractivity (Wildman–Crippen MR) is 87.1 cm³/mol. The maximum Gasteiger partial charge on any atom is 0.231 e. The Morgan fingerprint density at radius 3 is 2.87 bits per heavy atom. The molecule has 1 atom stereocenters. The molecular weight excluding hydrogens is 317 g/mol. The van der Waals surface area contributed by atoms with Gasteiger partial charge in [0.05, 0.1) is 17.3 Å². The molecule has 1 aromatic heterocycles. The summed E-state index contributed by atoms with van der Waals surface area (Å²) in [6, 6.07) is 4.71. The van der Waals surface area contributed by atoms with Crippen LogP contribution in [0.5, 0.6) is 0 Å². The van der Waals surface area contributed by atoms with E-state index < -0.39 is 11.7 Å². The molecule has 1 aliphatic rings. The van der Waals surface area contributed by atoms with Crippen molar-refractivity contribution < 1.29 is 14.0 Å². The summed E-state index contributed by atoms with van der Waals surface area (Å²) in [6.45, 7) is 3.80. The molecule has 3 rings (SSSR count). The van der Waals surface area contributed by atoms with Crippen LogP contribution in [0.25, 0.3) is 0 Å². The third-order valence-corrected chi connectivity index (χ3v) is 4.61. The van der Waals surface area contributed by atoms with Crippen LogP contribution >= 0.6 is 11.3 Å². The van der Waals surface area contributed by atoms with Crippen LogP contribution in [-0.4, -0.2) is 23.3 Å². The van der Waals surface area contributed by atoms with E-state index in [1.807, 2.05) is 12.3 Å². The van der Waals surface area contributed by atoms with Gasteiger partial charge in [0, 0.05) is 18.3 Å². The summed E-state index contributed by atoms with van der Waals surface area (Å²) in [5.74, 6) is -1.46. The van der Waals surface area contributed by atoms with Crippen LogP contribution in [0.2, 0.25) is 0 Å². The Labute approximate surface area is 137 Å². The van der Waals surface area contributed by atoms with Gasteiger partial charge in [-0.25, -0.2) is 9.37 Å². The topological polar surface area (TPSA) is 62.3 Å². The van der Waals surface area contributed by atoms with Crippen LogP contribution in [-0.2, 0) is 9.59 Å². The van der Waals surface area contributed by atoms with Crippen LogP contribution in [0.4, 0.5) is 15.2 Å². The van der Waals surface area contributed by atoms with Gasteiger partial charge in [0.2, 0.25) is 11.8 Å². The number of benzene rings is 1. The van der Waals surface area contributed by atoms with Crippen LogP contribution in [0.3, 0.4) is 0 Å². The zero-order valence-electron chi connectivity index (χ0n) is 12.8. The first-order valence-electron chi connectivity index (χ1n) is 7.23. The molecule has 2 heterocycles. The molecule has 1 fully saturated rings. The number of amides is 2. The lowest BCUT2D eigenvalue weighted by Gasteiger charge is -2.17. The third kappa shape index (κ3) is 3.24. The van der Waals surface area contributed by atoms with E-state index in [1.165, 1.54) is 22.3 Å². The number of anilines is 2. The number of rotatable bonds is 3. The maximum absolute atomic E-state index is 14.1. The highest BCUT2D eigenvalue weighted by molar-refractivity contribution is 7.13. The fourth-order valence-electron chi connectivity index (χ4n) is 2.57. The molecule has 120 valence electrons. The molecule has 0 radical (unpaired) electrons. The van der Waals surface area contributed by atoms with Gasteiger partial charge in [0.1, 0.15) is 5.82 Å². The number of aromatic nitrogens is 1. The largest absolute Gasteiger partial charge is 0.309 e. The lowest BCUT2D eigenvalue weighted by molar-refractivity contribution is -0.122. The lowest BCUT2D eigenvalue weighted by atomic mass is 10.1.